The first kappa shape index (κ1) is 54.5. The van der Waals surface area contributed by atoms with E-state index in [-0.39, 0.29) is 79.9 Å². The van der Waals surface area contributed by atoms with Crippen molar-refractivity contribution in [1.82, 2.24) is 49.8 Å². The molecule has 8 heterocycles. The van der Waals surface area contributed by atoms with E-state index in [1.807, 2.05) is 46.4 Å². The Bertz CT molecular complexity index is 2550. The topological polar surface area (TPSA) is 227 Å². The van der Waals surface area contributed by atoms with Crippen molar-refractivity contribution < 1.29 is 45.1 Å². The maximum Gasteiger partial charge on any atom is 0.496 e. The van der Waals surface area contributed by atoms with E-state index >= 15 is 0 Å². The molecule has 0 saturated carbocycles. The Morgan fingerprint density at radius 2 is 1.13 bits per heavy atom. The molecular weight excluding hydrogens is 986 g/mol. The number of alkyl halides is 6. The summed E-state index contributed by atoms with van der Waals surface area (Å²) in [6.07, 6.45) is -3.36. The summed E-state index contributed by atoms with van der Waals surface area (Å²) in [4.78, 5) is 46.2. The second kappa shape index (κ2) is 23.2. The molecule has 3 aliphatic heterocycles. The lowest BCUT2D eigenvalue weighted by Gasteiger charge is -2.33. The molecule has 0 aliphatic carbocycles. The minimum absolute atomic E-state index is 0.0907. The van der Waals surface area contributed by atoms with Gasteiger partial charge in [0, 0.05) is 79.1 Å². The lowest BCUT2D eigenvalue weighted by Crippen LogP contribution is -2.44. The summed E-state index contributed by atoms with van der Waals surface area (Å²) in [6, 6.07) is 3.38. The van der Waals surface area contributed by atoms with Crippen molar-refractivity contribution in [2.75, 3.05) is 74.9 Å². The molecule has 0 spiro atoms. The number of nitrogens with two attached hydrogens (primary N) is 2. The molecule has 5 aromatic rings. The summed E-state index contributed by atoms with van der Waals surface area (Å²) in [7, 11) is 2.70. The summed E-state index contributed by atoms with van der Waals surface area (Å²) in [5.74, 6) is 0.327. The molecule has 8 rings (SSSR count). The van der Waals surface area contributed by atoms with E-state index in [0.717, 1.165) is 31.1 Å². The SMILES string of the molecule is CN(C)C=Nc1cc(C(F)F)c(B2OC(C)(C)C(C)(C)O2)cn1.C[C@@H]1COCCN1c1nc(-c2cnc(N)cc2C(F)F)nc(-c2cnc(N)cc2C(F)F)n1.C[C@@H]1COCCN1c1nc(Cl)nc(Cl)n1. The number of pyridine rings is 3. The Balaban J connectivity index is 0.000000188. The highest BCUT2D eigenvalue weighted by atomic mass is 35.5. The number of hydrogen-bond acceptors (Lipinski definition) is 18. The maximum absolute atomic E-state index is 13.7. The lowest BCUT2D eigenvalue weighted by atomic mass is 9.77. The fraction of sp³-hybridized carbons (Fsp3) is 0.488. The van der Waals surface area contributed by atoms with Crippen molar-refractivity contribution >= 4 is 71.5 Å². The number of nitrogen functional groups attached to an aromatic ring is 2. The van der Waals surface area contributed by atoms with Crippen molar-refractivity contribution in [1.29, 1.82) is 0 Å². The Hall–Kier alpha value is -5.80. The van der Waals surface area contributed by atoms with Gasteiger partial charge in [-0.1, -0.05) is 0 Å². The van der Waals surface area contributed by atoms with E-state index in [2.05, 4.69) is 49.8 Å². The molecule has 0 amide bonds. The zero-order chi connectivity index (χ0) is 51.9. The summed E-state index contributed by atoms with van der Waals surface area (Å²) >= 11 is 11.4. The molecule has 0 unspecified atom stereocenters. The van der Waals surface area contributed by atoms with E-state index in [9.17, 15) is 26.3 Å². The minimum Gasteiger partial charge on any atom is -0.399 e. The van der Waals surface area contributed by atoms with Gasteiger partial charge in [0.25, 0.3) is 19.3 Å². The van der Waals surface area contributed by atoms with Crippen LogP contribution in [0, 0.1) is 0 Å². The van der Waals surface area contributed by atoms with E-state index < -0.39 is 48.7 Å². The molecule has 4 N–H and O–H groups in total. The number of nitrogens with zero attached hydrogens (tertiary/aromatic N) is 13. The van der Waals surface area contributed by atoms with Crippen molar-refractivity contribution in [2.24, 2.45) is 4.99 Å². The van der Waals surface area contributed by atoms with Crippen LogP contribution in [0.3, 0.4) is 0 Å². The van der Waals surface area contributed by atoms with Crippen LogP contribution in [0.2, 0.25) is 10.6 Å². The van der Waals surface area contributed by atoms with Gasteiger partial charge in [0.1, 0.15) is 11.6 Å². The average molecular weight is 1040 g/mol. The first-order valence-electron chi connectivity index (χ1n) is 21.9. The minimum atomic E-state index is -2.90. The maximum atomic E-state index is 13.7. The number of aliphatic imine (C=N–C) groups is 1. The summed E-state index contributed by atoms with van der Waals surface area (Å²) in [5.41, 5.74) is 8.95. The third-order valence-electron chi connectivity index (χ3n) is 11.4. The molecule has 0 radical (unpaired) electrons. The quantitative estimate of drug-likeness (QED) is 0.0610. The second-order valence-corrected chi connectivity index (χ2v) is 18.1. The number of morpholine rings is 2. The molecule has 3 saturated heterocycles. The fourth-order valence-electron chi connectivity index (χ4n) is 7.01. The number of anilines is 4. The van der Waals surface area contributed by atoms with Crippen molar-refractivity contribution in [3.63, 3.8) is 0 Å². The largest absolute Gasteiger partial charge is 0.496 e. The molecular formula is C43H52BCl2F6N15O4. The number of halogens is 8. The van der Waals surface area contributed by atoms with Gasteiger partial charge in [0.05, 0.1) is 56.1 Å². The van der Waals surface area contributed by atoms with Crippen LogP contribution in [-0.2, 0) is 18.8 Å². The Morgan fingerprint density at radius 1 is 0.676 bits per heavy atom. The predicted molar refractivity (Wildman–Crippen MR) is 257 cm³/mol. The van der Waals surface area contributed by atoms with Crippen LogP contribution in [-0.4, -0.2) is 140 Å². The summed E-state index contributed by atoms with van der Waals surface area (Å²) in [6.45, 7) is 14.6. The van der Waals surface area contributed by atoms with E-state index in [4.69, 9.17) is 53.5 Å². The highest BCUT2D eigenvalue weighted by Crippen LogP contribution is 2.38. The monoisotopic (exact) mass is 1040 g/mol. The van der Waals surface area contributed by atoms with Crippen molar-refractivity contribution in [3.8, 4) is 22.8 Å². The second-order valence-electron chi connectivity index (χ2n) is 17.5. The molecule has 3 fully saturated rings. The van der Waals surface area contributed by atoms with Crippen LogP contribution in [0.1, 0.15) is 77.5 Å². The zero-order valence-corrected chi connectivity index (χ0v) is 41.4. The molecule has 19 nitrogen and oxygen atoms in total. The van der Waals surface area contributed by atoms with Gasteiger partial charge >= 0.3 is 7.12 Å². The third-order valence-corrected chi connectivity index (χ3v) is 11.8. The van der Waals surface area contributed by atoms with Crippen molar-refractivity contribution in [3.05, 3.63) is 64.0 Å². The van der Waals surface area contributed by atoms with Gasteiger partial charge in [-0.3, -0.25) is 0 Å². The molecule has 5 aromatic heterocycles. The predicted octanol–water partition coefficient (Wildman–Crippen LogP) is 7.20. The normalized spacial score (nSPS) is 18.7. The van der Waals surface area contributed by atoms with Gasteiger partial charge in [0.15, 0.2) is 17.5 Å². The fourth-order valence-corrected chi connectivity index (χ4v) is 7.36. The van der Waals surface area contributed by atoms with Crippen LogP contribution in [0.25, 0.3) is 22.8 Å². The standard InChI is InChI=1S/C20H20F4N8O.C15H22BF2N3O2.C8H10Cl2N4O/c1-9-8-33-3-2-32(9)20-30-18(12-6-27-14(25)4-10(12)16(21)22)29-19(31-20)13-7-28-15(26)5-11(13)17(23)24;1-14(2)15(3,4)23-16(22-14)11-8-19-12(20-9-21(5)6)7-10(11)13(17)18;1-5-4-15-3-2-14(5)8-12-6(9)11-7(10)13-8/h4-7,9,16-17H,2-3,8H2,1H3,(H2,25,27)(H2,26,28);7-9,13H,1-6H3;5H,2-4H2,1H3/t9-;;5-/m1.1/s1. The number of rotatable bonds is 10. The Labute approximate surface area is 415 Å². The first-order valence-corrected chi connectivity index (χ1v) is 22.6. The molecule has 2 atom stereocenters. The molecule has 0 aromatic carbocycles. The van der Waals surface area contributed by atoms with Gasteiger partial charge in [-0.2, -0.15) is 24.9 Å². The zero-order valence-electron chi connectivity index (χ0n) is 39.9. The Morgan fingerprint density at radius 3 is 1.55 bits per heavy atom. The van der Waals surface area contributed by atoms with E-state index in [1.54, 1.807) is 23.9 Å². The van der Waals surface area contributed by atoms with Crippen LogP contribution in [0.5, 0.6) is 0 Å². The van der Waals surface area contributed by atoms with Crippen LogP contribution < -0.4 is 26.7 Å². The molecule has 0 bridgehead atoms. The summed E-state index contributed by atoms with van der Waals surface area (Å²) < 4.78 is 104. The number of ether oxygens (including phenoxy) is 2. The Kier molecular flexibility index (Phi) is 17.8. The van der Waals surface area contributed by atoms with E-state index in [0.29, 0.717) is 38.9 Å². The van der Waals surface area contributed by atoms with Gasteiger partial charge < -0.3 is 44.9 Å². The lowest BCUT2D eigenvalue weighted by molar-refractivity contribution is 0.00578. The number of aromatic nitrogens is 9. The first-order chi connectivity index (χ1) is 33.4. The highest BCUT2D eigenvalue weighted by Gasteiger charge is 2.52. The summed E-state index contributed by atoms with van der Waals surface area (Å²) in [5, 5.41) is 0.229. The van der Waals surface area contributed by atoms with Gasteiger partial charge in [-0.25, -0.2) is 51.3 Å². The van der Waals surface area contributed by atoms with Crippen LogP contribution >= 0.6 is 23.2 Å². The van der Waals surface area contributed by atoms with Gasteiger partial charge in [0.2, 0.25) is 22.5 Å². The number of hydrogen-bond donors (Lipinski definition) is 2. The molecule has 71 heavy (non-hydrogen) atoms. The van der Waals surface area contributed by atoms with Crippen LogP contribution in [0.15, 0.2) is 41.8 Å². The van der Waals surface area contributed by atoms with Crippen molar-refractivity contribution in [2.45, 2.75) is 84.1 Å². The molecule has 3 aliphatic rings. The highest BCUT2D eigenvalue weighted by molar-refractivity contribution is 6.62. The molecule has 28 heteroatoms. The smallest absolute Gasteiger partial charge is 0.399 e. The van der Waals surface area contributed by atoms with Gasteiger partial charge in [-0.15, -0.1) is 0 Å². The molecule has 382 valence electrons. The third kappa shape index (κ3) is 13.6. The average Bonchev–Trinajstić information content (AvgIpc) is 3.53. The van der Waals surface area contributed by atoms with Crippen LogP contribution in [0.4, 0.5) is 55.7 Å². The van der Waals surface area contributed by atoms with Gasteiger partial charge in [-0.05, 0) is 82.9 Å². The van der Waals surface area contributed by atoms with E-state index in [1.165, 1.54) is 18.6 Å².